The summed E-state index contributed by atoms with van der Waals surface area (Å²) in [7, 11) is 5.32. The number of nitrogens with one attached hydrogen (secondary N) is 2. The molecule has 1 atom stereocenters. The van der Waals surface area contributed by atoms with Gasteiger partial charge in [0, 0.05) is 132 Å². The Balaban J connectivity index is 0.696. The number of amides is 4. The Morgan fingerprint density at radius 1 is 0.743 bits per heavy atom. The van der Waals surface area contributed by atoms with Gasteiger partial charge in [-0.1, -0.05) is 0 Å². The second-order valence-corrected chi connectivity index (χ2v) is 19.3. The van der Waals surface area contributed by atoms with E-state index in [1.54, 1.807) is 65.1 Å². The molecule has 4 amide bonds. The van der Waals surface area contributed by atoms with Crippen LogP contribution in [0.1, 0.15) is 82.5 Å². The number of hydrogen-bond acceptors (Lipinski definition) is 10. The highest BCUT2D eigenvalue weighted by molar-refractivity contribution is 6.01. The number of fused-ring (bicyclic) bond motifs is 2. The van der Waals surface area contributed by atoms with Gasteiger partial charge >= 0.3 is 5.69 Å². The van der Waals surface area contributed by atoms with E-state index in [2.05, 4.69) is 31.5 Å². The van der Waals surface area contributed by atoms with Crippen LogP contribution in [-0.2, 0) is 30.2 Å². The van der Waals surface area contributed by atoms with Crippen LogP contribution in [0, 0.1) is 17.6 Å². The fourth-order valence-electron chi connectivity index (χ4n) is 11.1. The third kappa shape index (κ3) is 8.80. The highest BCUT2D eigenvalue weighted by Gasteiger charge is 2.34. The summed E-state index contributed by atoms with van der Waals surface area (Å²) >= 11 is 0. The van der Waals surface area contributed by atoms with E-state index in [1.165, 1.54) is 21.3 Å². The normalized spacial score (nSPS) is 19.1. The van der Waals surface area contributed by atoms with Crippen molar-refractivity contribution in [2.75, 3.05) is 71.3 Å². The molecule has 4 saturated heterocycles. The summed E-state index contributed by atoms with van der Waals surface area (Å²) in [5, 5.41) is 6.16. The number of piperazine rings is 1. The van der Waals surface area contributed by atoms with Crippen LogP contribution in [0.15, 0.2) is 76.6 Å². The van der Waals surface area contributed by atoms with Crippen LogP contribution < -0.4 is 21.9 Å². The van der Waals surface area contributed by atoms with Gasteiger partial charge in [-0.2, -0.15) is 0 Å². The summed E-state index contributed by atoms with van der Waals surface area (Å²) in [6, 6.07) is 13.9. The van der Waals surface area contributed by atoms with Crippen LogP contribution in [-0.4, -0.2) is 132 Å². The number of likely N-dealkylation sites (tertiary alicyclic amines) is 2. The van der Waals surface area contributed by atoms with E-state index in [4.69, 9.17) is 0 Å². The fraction of sp³-hybridized carbons (Fsp3) is 0.431. The van der Waals surface area contributed by atoms with Crippen molar-refractivity contribution in [3.8, 4) is 5.69 Å². The van der Waals surface area contributed by atoms with Crippen LogP contribution in [0.25, 0.3) is 27.8 Å². The molecule has 0 spiro atoms. The summed E-state index contributed by atoms with van der Waals surface area (Å²) < 4.78 is 38.1. The molecule has 19 heteroatoms. The first-order chi connectivity index (χ1) is 33.8. The van der Waals surface area contributed by atoms with E-state index in [0.29, 0.717) is 94.3 Å². The summed E-state index contributed by atoms with van der Waals surface area (Å²) in [6.45, 7) is 6.08. The van der Waals surface area contributed by atoms with Gasteiger partial charge in [0.1, 0.15) is 23.3 Å². The van der Waals surface area contributed by atoms with Crippen molar-refractivity contribution in [3.63, 3.8) is 0 Å². The lowest BCUT2D eigenvalue weighted by Gasteiger charge is -2.39. The molecule has 10 rings (SSSR count). The molecule has 0 aliphatic carbocycles. The SMILES string of the molecule is CNc1ccn(-c2ccnc3c2cc(CN2CCC(c4c(F)cc(C(=O)N5CCC(CN6CCN(C(=O)c7ccc8c(c7)n(C)c(=O)n8C7CCC(=O)NC7=O)CC6)CC5)cc4F)CC2)n3C)c(=O)c1. The summed E-state index contributed by atoms with van der Waals surface area (Å²) in [6.07, 6.45) is 6.44. The van der Waals surface area contributed by atoms with Crippen LogP contribution in [0.5, 0.6) is 0 Å². The number of imide groups is 1. The summed E-state index contributed by atoms with van der Waals surface area (Å²) in [5.74, 6) is -2.76. The Bertz CT molecular complexity index is 3150. The number of carbonyl (C=O) groups excluding carboxylic acids is 4. The number of imidazole rings is 1. The second kappa shape index (κ2) is 19.1. The molecular weight excluding hydrogens is 901 g/mol. The van der Waals surface area contributed by atoms with Crippen molar-refractivity contribution in [2.45, 2.75) is 57.0 Å². The average Bonchev–Trinajstić information content (AvgIpc) is 3.81. The Kier molecular flexibility index (Phi) is 12.7. The molecule has 0 bridgehead atoms. The molecule has 4 aliphatic heterocycles. The molecule has 4 aromatic heterocycles. The Morgan fingerprint density at radius 2 is 1.44 bits per heavy atom. The number of anilines is 1. The Hall–Kier alpha value is -6.99. The van der Waals surface area contributed by atoms with Gasteiger partial charge in [0.25, 0.3) is 17.4 Å². The van der Waals surface area contributed by atoms with Crippen molar-refractivity contribution in [1.82, 2.24) is 48.2 Å². The number of halogens is 2. The molecule has 70 heavy (non-hydrogen) atoms. The maximum Gasteiger partial charge on any atom is 0.329 e. The predicted octanol–water partition coefficient (Wildman–Crippen LogP) is 4.37. The zero-order chi connectivity index (χ0) is 49.0. The molecule has 2 aromatic carbocycles. The van der Waals surface area contributed by atoms with Crippen molar-refractivity contribution >= 4 is 51.4 Å². The molecule has 4 aliphatic rings. The number of hydrogen-bond donors (Lipinski definition) is 2. The largest absolute Gasteiger partial charge is 0.388 e. The zero-order valence-electron chi connectivity index (χ0n) is 39.6. The third-order valence-electron chi connectivity index (χ3n) is 15.1. The molecular formula is C51H57F2N11O6. The molecule has 2 N–H and O–H groups in total. The molecule has 366 valence electrons. The fourth-order valence-corrected chi connectivity index (χ4v) is 11.1. The van der Waals surface area contributed by atoms with Crippen molar-refractivity contribution in [3.05, 3.63) is 122 Å². The van der Waals surface area contributed by atoms with Gasteiger partial charge in [0.2, 0.25) is 11.8 Å². The number of rotatable bonds is 10. The molecule has 1 unspecified atom stereocenters. The van der Waals surface area contributed by atoms with Gasteiger partial charge in [-0.15, -0.1) is 0 Å². The Morgan fingerprint density at radius 3 is 2.13 bits per heavy atom. The minimum absolute atomic E-state index is 0.0210. The van der Waals surface area contributed by atoms with Gasteiger partial charge in [-0.3, -0.25) is 52.8 Å². The van der Waals surface area contributed by atoms with E-state index < -0.39 is 29.3 Å². The number of aromatic nitrogens is 5. The number of nitrogens with zero attached hydrogens (tertiary/aromatic N) is 9. The molecule has 0 saturated carbocycles. The standard InChI is InChI=1S/C51H57F2N11O6/c1-54-35-13-19-63(45(66)27-35)40-8-14-55-47-37(40)28-36(57(47)2)30-59-15-11-32(12-16-59)46-38(52)24-34(25-39(46)53)50(69)61-17-9-31(10-18-61)29-60-20-22-62(23-21-60)49(68)33-4-5-41-43(26-33)58(3)51(70)64(41)42-6-7-44(65)56-48(42)67/h4-5,8,13-14,19,24-28,31-32,42,54H,6-7,9-12,15-18,20-23,29-30H2,1-3H3,(H,56,65,67). The Labute approximate surface area is 402 Å². The topological polar surface area (TPSA) is 172 Å². The van der Waals surface area contributed by atoms with Gasteiger partial charge in [0.15, 0.2) is 0 Å². The first-order valence-corrected chi connectivity index (χ1v) is 24.2. The van der Waals surface area contributed by atoms with Crippen LogP contribution in [0.2, 0.25) is 0 Å². The lowest BCUT2D eigenvalue weighted by atomic mass is 9.87. The number of benzene rings is 2. The predicted molar refractivity (Wildman–Crippen MR) is 259 cm³/mol. The van der Waals surface area contributed by atoms with E-state index in [1.807, 2.05) is 23.7 Å². The molecule has 17 nitrogen and oxygen atoms in total. The second-order valence-electron chi connectivity index (χ2n) is 19.3. The number of aryl methyl sites for hydroxylation is 2. The van der Waals surface area contributed by atoms with Crippen molar-refractivity contribution < 1.29 is 28.0 Å². The summed E-state index contributed by atoms with van der Waals surface area (Å²) in [5.41, 5.74) is 4.24. The number of piperidine rings is 3. The first-order valence-electron chi connectivity index (χ1n) is 24.2. The maximum atomic E-state index is 15.8. The minimum atomic E-state index is -0.807. The van der Waals surface area contributed by atoms with E-state index in [9.17, 15) is 28.8 Å². The maximum absolute atomic E-state index is 15.8. The van der Waals surface area contributed by atoms with Crippen LogP contribution >= 0.6 is 0 Å². The quantitative estimate of drug-likeness (QED) is 0.188. The lowest BCUT2D eigenvalue weighted by molar-refractivity contribution is -0.135. The molecule has 0 radical (unpaired) electrons. The van der Waals surface area contributed by atoms with Gasteiger partial charge in [-0.25, -0.2) is 18.6 Å². The summed E-state index contributed by atoms with van der Waals surface area (Å²) in [4.78, 5) is 90.5. The van der Waals surface area contributed by atoms with Gasteiger partial charge < -0.3 is 19.7 Å². The van der Waals surface area contributed by atoms with Crippen molar-refractivity contribution in [1.29, 1.82) is 0 Å². The molecule has 6 aromatic rings. The first kappa shape index (κ1) is 46.7. The zero-order valence-corrected chi connectivity index (χ0v) is 39.6. The van der Waals surface area contributed by atoms with E-state index in [0.717, 1.165) is 47.5 Å². The number of pyridine rings is 2. The minimum Gasteiger partial charge on any atom is -0.388 e. The average molecular weight is 958 g/mol. The third-order valence-corrected chi connectivity index (χ3v) is 15.1. The highest BCUT2D eigenvalue weighted by Crippen LogP contribution is 2.35. The smallest absolute Gasteiger partial charge is 0.329 e. The van der Waals surface area contributed by atoms with E-state index in [-0.39, 0.29) is 53.2 Å². The van der Waals surface area contributed by atoms with Crippen LogP contribution in [0.3, 0.4) is 0 Å². The van der Waals surface area contributed by atoms with Gasteiger partial charge in [0.05, 0.1) is 16.7 Å². The van der Waals surface area contributed by atoms with Crippen LogP contribution in [0.4, 0.5) is 14.5 Å². The van der Waals surface area contributed by atoms with Gasteiger partial charge in [-0.05, 0) is 106 Å². The lowest BCUT2D eigenvalue weighted by Crippen LogP contribution is -2.50. The highest BCUT2D eigenvalue weighted by atomic mass is 19.1. The number of carbonyl (C=O) groups is 4. The van der Waals surface area contributed by atoms with E-state index >= 15 is 8.78 Å². The molecule has 8 heterocycles. The monoisotopic (exact) mass is 957 g/mol. The molecule has 4 fully saturated rings. The van der Waals surface area contributed by atoms with Crippen molar-refractivity contribution in [2.24, 2.45) is 20.0 Å².